The molecule has 0 fully saturated rings. The van der Waals surface area contributed by atoms with Crippen molar-refractivity contribution in [2.75, 3.05) is 0 Å². The lowest BCUT2D eigenvalue weighted by Crippen LogP contribution is -2.10. The first-order chi connectivity index (χ1) is 3.97. The molecule has 0 amide bonds. The minimum absolute atomic E-state index is 0.927. The molecule has 0 spiro atoms. The second-order valence-electron chi connectivity index (χ2n) is 1.94. The third-order valence-corrected chi connectivity index (χ3v) is 1.41. The lowest BCUT2D eigenvalue weighted by molar-refractivity contribution is 0.771. The first kappa shape index (κ1) is 3.96. The molecule has 1 aromatic rings. The third-order valence-electron chi connectivity index (χ3n) is 1.41. The summed E-state index contributed by atoms with van der Waals surface area (Å²) < 4.78 is 0. The molecule has 0 atom stereocenters. The van der Waals surface area contributed by atoms with Gasteiger partial charge in [0.15, 0.2) is 0 Å². The molecule has 0 aromatic heterocycles. The second-order valence-corrected chi connectivity index (χ2v) is 1.94. The number of para-hydroxylation sites is 1. The van der Waals surface area contributed by atoms with Gasteiger partial charge in [0.2, 0.25) is 0 Å². The normalized spacial score (nSPS) is 13.5. The first-order valence-electron chi connectivity index (χ1n) is 2.72. The molecular formula is C7H6N. The van der Waals surface area contributed by atoms with E-state index in [2.05, 4.69) is 11.4 Å². The Morgan fingerprint density at radius 2 is 2.12 bits per heavy atom. The second kappa shape index (κ2) is 1.25. The zero-order valence-corrected chi connectivity index (χ0v) is 4.46. The summed E-state index contributed by atoms with van der Waals surface area (Å²) in [4.78, 5) is 0. The molecule has 39 valence electrons. The van der Waals surface area contributed by atoms with Gasteiger partial charge in [0.1, 0.15) is 0 Å². The molecule has 1 radical (unpaired) electrons. The summed E-state index contributed by atoms with van der Waals surface area (Å²) in [6.45, 7) is 0.927. The minimum Gasteiger partial charge on any atom is -0.280 e. The van der Waals surface area contributed by atoms with E-state index >= 15 is 0 Å². The van der Waals surface area contributed by atoms with Gasteiger partial charge in [-0.05, 0) is 11.6 Å². The fourth-order valence-electron chi connectivity index (χ4n) is 0.878. The summed E-state index contributed by atoms with van der Waals surface area (Å²) >= 11 is 0. The Morgan fingerprint density at radius 1 is 1.25 bits per heavy atom. The molecule has 8 heavy (non-hydrogen) atoms. The zero-order chi connectivity index (χ0) is 5.40. The highest BCUT2D eigenvalue weighted by atomic mass is 14.9. The van der Waals surface area contributed by atoms with Gasteiger partial charge >= 0.3 is 0 Å². The third kappa shape index (κ3) is 0.360. The molecule has 1 heteroatoms. The largest absolute Gasteiger partial charge is 0.280 e. The van der Waals surface area contributed by atoms with Crippen molar-refractivity contribution in [3.05, 3.63) is 29.8 Å². The molecule has 0 aliphatic carbocycles. The summed E-state index contributed by atoms with van der Waals surface area (Å²) in [6.07, 6.45) is 0. The Balaban J connectivity index is 2.62. The van der Waals surface area contributed by atoms with Crippen LogP contribution < -0.4 is 5.32 Å². The fraction of sp³-hybridized carbons (Fsp3) is 0.143. The van der Waals surface area contributed by atoms with Gasteiger partial charge in [-0.15, -0.1) is 0 Å². The fourth-order valence-corrected chi connectivity index (χ4v) is 0.878. The lowest BCUT2D eigenvalue weighted by atomic mass is 10.1. The Bertz CT molecular complexity index is 182. The van der Waals surface area contributed by atoms with E-state index in [-0.39, 0.29) is 0 Å². The highest BCUT2D eigenvalue weighted by Crippen LogP contribution is 2.23. The summed E-state index contributed by atoms with van der Waals surface area (Å²) in [6, 6.07) is 8.22. The van der Waals surface area contributed by atoms with Crippen LogP contribution in [0.25, 0.3) is 0 Å². The lowest BCUT2D eigenvalue weighted by Gasteiger charge is -2.16. The Labute approximate surface area is 48.3 Å². The van der Waals surface area contributed by atoms with Crippen molar-refractivity contribution in [3.8, 4) is 0 Å². The van der Waals surface area contributed by atoms with Crippen molar-refractivity contribution in [2.24, 2.45) is 0 Å². The van der Waals surface area contributed by atoms with Gasteiger partial charge in [0.05, 0.1) is 12.2 Å². The summed E-state index contributed by atoms with van der Waals surface area (Å²) in [5.41, 5.74) is 2.56. The quantitative estimate of drug-likeness (QED) is 0.473. The Kier molecular flexibility index (Phi) is 0.618. The van der Waals surface area contributed by atoms with Crippen molar-refractivity contribution in [1.29, 1.82) is 0 Å². The van der Waals surface area contributed by atoms with Crippen LogP contribution in [0.1, 0.15) is 5.56 Å². The molecule has 1 nitrogen and oxygen atoms in total. The van der Waals surface area contributed by atoms with Crippen LogP contribution in [-0.2, 0) is 6.54 Å². The molecule has 0 unspecified atom stereocenters. The van der Waals surface area contributed by atoms with E-state index < -0.39 is 0 Å². The van der Waals surface area contributed by atoms with Gasteiger partial charge in [-0.25, -0.2) is 0 Å². The predicted molar refractivity (Wildman–Crippen MR) is 31.9 cm³/mol. The molecule has 0 bridgehead atoms. The van der Waals surface area contributed by atoms with E-state index in [1.165, 1.54) is 11.3 Å². The number of rotatable bonds is 0. The van der Waals surface area contributed by atoms with Gasteiger partial charge in [-0.2, -0.15) is 0 Å². The Hall–Kier alpha value is -0.980. The van der Waals surface area contributed by atoms with Gasteiger partial charge in [-0.3, -0.25) is 5.32 Å². The topological polar surface area (TPSA) is 14.1 Å². The first-order valence-corrected chi connectivity index (χ1v) is 2.72. The maximum Gasteiger partial charge on any atom is 0.0668 e. The average Bonchev–Trinajstić information content (AvgIpc) is 1.72. The smallest absolute Gasteiger partial charge is 0.0668 e. The minimum atomic E-state index is 0.927. The molecule has 1 aromatic carbocycles. The molecule has 2 rings (SSSR count). The molecule has 1 aliphatic rings. The number of hydrogen-bond donors (Lipinski definition) is 0. The van der Waals surface area contributed by atoms with Crippen molar-refractivity contribution in [1.82, 2.24) is 5.32 Å². The highest BCUT2D eigenvalue weighted by Gasteiger charge is 2.10. The molecule has 0 N–H and O–H groups in total. The molecule has 0 saturated heterocycles. The number of nitrogens with zero attached hydrogens (tertiary/aromatic N) is 1. The van der Waals surface area contributed by atoms with Gasteiger partial charge in [0.25, 0.3) is 0 Å². The van der Waals surface area contributed by atoms with Crippen LogP contribution in [0.5, 0.6) is 0 Å². The van der Waals surface area contributed by atoms with Crippen molar-refractivity contribution in [3.63, 3.8) is 0 Å². The van der Waals surface area contributed by atoms with E-state index in [9.17, 15) is 0 Å². The summed E-state index contributed by atoms with van der Waals surface area (Å²) in [7, 11) is 0. The van der Waals surface area contributed by atoms with Crippen LogP contribution in [0.15, 0.2) is 24.3 Å². The molecule has 1 aliphatic heterocycles. The van der Waals surface area contributed by atoms with E-state index in [0.29, 0.717) is 0 Å². The standard InChI is InChI=1S/C7H6N/c1-2-4-7-6(3-1)5-8-7/h1-4H,5H2. The monoisotopic (exact) mass is 104 g/mol. The number of benzene rings is 1. The zero-order valence-electron chi connectivity index (χ0n) is 4.46. The maximum absolute atomic E-state index is 4.13. The van der Waals surface area contributed by atoms with Crippen LogP contribution in [0.4, 0.5) is 5.69 Å². The van der Waals surface area contributed by atoms with Crippen LogP contribution >= 0.6 is 0 Å². The average molecular weight is 104 g/mol. The predicted octanol–water partition coefficient (Wildman–Crippen LogP) is 1.44. The SMILES string of the molecule is c1ccc2c(c1)C[N]2. The maximum atomic E-state index is 4.13. The van der Waals surface area contributed by atoms with E-state index in [1.54, 1.807) is 0 Å². The molecule has 1 heterocycles. The summed E-state index contributed by atoms with van der Waals surface area (Å²) in [5.74, 6) is 0. The number of fused-ring (bicyclic) bond motifs is 1. The highest BCUT2D eigenvalue weighted by molar-refractivity contribution is 5.50. The van der Waals surface area contributed by atoms with E-state index in [0.717, 1.165) is 6.54 Å². The Morgan fingerprint density at radius 3 is 2.50 bits per heavy atom. The number of hydrogen-bond acceptors (Lipinski definition) is 0. The molecular weight excluding hydrogens is 98.1 g/mol. The van der Waals surface area contributed by atoms with Crippen LogP contribution in [-0.4, -0.2) is 0 Å². The van der Waals surface area contributed by atoms with Gasteiger partial charge in [-0.1, -0.05) is 18.2 Å². The summed E-state index contributed by atoms with van der Waals surface area (Å²) in [5, 5.41) is 4.13. The van der Waals surface area contributed by atoms with Crippen LogP contribution in [0.2, 0.25) is 0 Å². The van der Waals surface area contributed by atoms with Crippen molar-refractivity contribution < 1.29 is 0 Å². The van der Waals surface area contributed by atoms with Gasteiger partial charge in [0, 0.05) is 0 Å². The van der Waals surface area contributed by atoms with Crippen LogP contribution in [0.3, 0.4) is 0 Å². The van der Waals surface area contributed by atoms with Crippen molar-refractivity contribution in [2.45, 2.75) is 6.54 Å². The van der Waals surface area contributed by atoms with Crippen LogP contribution in [0, 0.1) is 0 Å². The molecule has 0 saturated carbocycles. The van der Waals surface area contributed by atoms with E-state index in [4.69, 9.17) is 0 Å². The van der Waals surface area contributed by atoms with Crippen molar-refractivity contribution >= 4 is 5.69 Å². The van der Waals surface area contributed by atoms with Gasteiger partial charge < -0.3 is 0 Å². The van der Waals surface area contributed by atoms with E-state index in [1.807, 2.05) is 18.2 Å².